The van der Waals surface area contributed by atoms with Crippen molar-refractivity contribution in [1.29, 1.82) is 0 Å². The molecule has 0 bridgehead atoms. The molecule has 1 heterocycles. The second-order valence-electron chi connectivity index (χ2n) is 6.63. The molecule has 2 atom stereocenters. The van der Waals surface area contributed by atoms with Gasteiger partial charge in [-0.25, -0.2) is 0 Å². The second kappa shape index (κ2) is 6.20. The molecule has 0 saturated heterocycles. The third kappa shape index (κ3) is 2.95. The standard InChI is InChI=1S/C21H20N2O2/c1-14-16-9-5-6-10-17(16)21(25)23(14)12-11-20(24)22-19-13-18(19)15-7-3-2-4-8-15/h2-10,18-19H,1,11-13H2,(H,22,24)/t18-,19+/m1/s1. The fourth-order valence-corrected chi connectivity index (χ4v) is 3.49. The van der Waals surface area contributed by atoms with Gasteiger partial charge in [-0.3, -0.25) is 9.59 Å². The van der Waals surface area contributed by atoms with Gasteiger partial charge in [0.2, 0.25) is 5.91 Å². The molecule has 126 valence electrons. The molecule has 1 saturated carbocycles. The van der Waals surface area contributed by atoms with Gasteiger partial charge in [-0.05, 0) is 18.1 Å². The quantitative estimate of drug-likeness (QED) is 0.914. The van der Waals surface area contributed by atoms with Crippen molar-refractivity contribution in [3.8, 4) is 0 Å². The van der Waals surface area contributed by atoms with E-state index in [1.165, 1.54) is 5.56 Å². The van der Waals surface area contributed by atoms with E-state index in [1.54, 1.807) is 11.0 Å². The lowest BCUT2D eigenvalue weighted by atomic mass is 10.1. The molecule has 1 fully saturated rings. The van der Waals surface area contributed by atoms with Crippen molar-refractivity contribution in [2.45, 2.75) is 24.8 Å². The zero-order valence-electron chi connectivity index (χ0n) is 13.9. The number of nitrogens with zero attached hydrogens (tertiary/aromatic N) is 1. The maximum absolute atomic E-state index is 12.4. The highest BCUT2D eigenvalue weighted by Gasteiger charge is 2.39. The van der Waals surface area contributed by atoms with E-state index < -0.39 is 0 Å². The SMILES string of the molecule is C=C1c2ccccc2C(=O)N1CCC(=O)N[C@H]1C[C@@H]1c1ccccc1. The molecule has 1 N–H and O–H groups in total. The Hall–Kier alpha value is -2.88. The Morgan fingerprint density at radius 3 is 2.48 bits per heavy atom. The molecule has 4 nitrogen and oxygen atoms in total. The van der Waals surface area contributed by atoms with Crippen molar-refractivity contribution < 1.29 is 9.59 Å². The fraction of sp³-hybridized carbons (Fsp3) is 0.238. The number of benzene rings is 2. The minimum Gasteiger partial charge on any atom is -0.353 e. The number of fused-ring (bicyclic) bond motifs is 1. The Bertz CT molecular complexity index is 809. The fourth-order valence-electron chi connectivity index (χ4n) is 3.49. The molecular formula is C21H20N2O2. The first kappa shape index (κ1) is 15.6. The van der Waals surface area contributed by atoms with Gasteiger partial charge >= 0.3 is 0 Å². The molecule has 2 aliphatic rings. The summed E-state index contributed by atoms with van der Waals surface area (Å²) >= 11 is 0. The molecular weight excluding hydrogens is 312 g/mol. The Labute approximate surface area is 147 Å². The van der Waals surface area contributed by atoms with Crippen LogP contribution in [0.25, 0.3) is 5.70 Å². The van der Waals surface area contributed by atoms with Gasteiger partial charge in [-0.2, -0.15) is 0 Å². The maximum Gasteiger partial charge on any atom is 0.258 e. The van der Waals surface area contributed by atoms with Crippen LogP contribution < -0.4 is 5.32 Å². The molecule has 0 unspecified atom stereocenters. The minimum absolute atomic E-state index is 0.0139. The summed E-state index contributed by atoms with van der Waals surface area (Å²) in [6, 6.07) is 17.9. The summed E-state index contributed by atoms with van der Waals surface area (Å²) in [7, 11) is 0. The Kier molecular flexibility index (Phi) is 3.88. The van der Waals surface area contributed by atoms with Crippen LogP contribution in [0.15, 0.2) is 61.2 Å². The van der Waals surface area contributed by atoms with E-state index in [-0.39, 0.29) is 24.3 Å². The van der Waals surface area contributed by atoms with Crippen molar-refractivity contribution in [2.24, 2.45) is 0 Å². The summed E-state index contributed by atoms with van der Waals surface area (Å²) in [4.78, 5) is 26.3. The van der Waals surface area contributed by atoms with Crippen LogP contribution in [-0.4, -0.2) is 29.3 Å². The number of carbonyl (C=O) groups is 2. The third-order valence-corrected chi connectivity index (χ3v) is 4.97. The average Bonchev–Trinajstić information content (AvgIpc) is 3.36. The minimum atomic E-state index is -0.0676. The highest BCUT2D eigenvalue weighted by Crippen LogP contribution is 2.40. The van der Waals surface area contributed by atoms with Crippen molar-refractivity contribution >= 4 is 17.5 Å². The summed E-state index contributed by atoms with van der Waals surface area (Å²) in [5.74, 6) is 0.333. The van der Waals surface area contributed by atoms with E-state index in [9.17, 15) is 9.59 Å². The lowest BCUT2D eigenvalue weighted by molar-refractivity contribution is -0.121. The van der Waals surface area contributed by atoms with Crippen LogP contribution in [0.1, 0.15) is 40.2 Å². The summed E-state index contributed by atoms with van der Waals surface area (Å²) in [6.07, 6.45) is 1.27. The third-order valence-electron chi connectivity index (χ3n) is 4.97. The van der Waals surface area contributed by atoms with Crippen LogP contribution in [0.2, 0.25) is 0 Å². The lowest BCUT2D eigenvalue weighted by Gasteiger charge is -2.17. The summed E-state index contributed by atoms with van der Waals surface area (Å²) < 4.78 is 0. The largest absolute Gasteiger partial charge is 0.353 e. The first-order valence-corrected chi connectivity index (χ1v) is 8.59. The van der Waals surface area contributed by atoms with Crippen LogP contribution in [0, 0.1) is 0 Å². The Morgan fingerprint density at radius 2 is 1.76 bits per heavy atom. The van der Waals surface area contributed by atoms with Crippen molar-refractivity contribution in [2.75, 3.05) is 6.54 Å². The predicted molar refractivity (Wildman–Crippen MR) is 96.9 cm³/mol. The number of nitrogens with one attached hydrogen (secondary N) is 1. The molecule has 0 spiro atoms. The summed E-state index contributed by atoms with van der Waals surface area (Å²) in [5.41, 5.74) is 3.48. The highest BCUT2D eigenvalue weighted by molar-refractivity contribution is 6.08. The van der Waals surface area contributed by atoms with Gasteiger partial charge in [0.05, 0.1) is 0 Å². The van der Waals surface area contributed by atoms with Gasteiger partial charge in [-0.15, -0.1) is 0 Å². The van der Waals surface area contributed by atoms with E-state index in [4.69, 9.17) is 0 Å². The number of rotatable bonds is 5. The highest BCUT2D eigenvalue weighted by atomic mass is 16.2. The van der Waals surface area contributed by atoms with Gasteiger partial charge in [0.15, 0.2) is 0 Å². The van der Waals surface area contributed by atoms with Gasteiger partial charge in [0.1, 0.15) is 0 Å². The van der Waals surface area contributed by atoms with Gasteiger partial charge in [0, 0.05) is 41.7 Å². The van der Waals surface area contributed by atoms with Crippen LogP contribution >= 0.6 is 0 Å². The lowest BCUT2D eigenvalue weighted by Crippen LogP contribution is -2.32. The molecule has 2 aromatic carbocycles. The maximum atomic E-state index is 12.4. The first-order chi connectivity index (χ1) is 12.1. The monoisotopic (exact) mass is 332 g/mol. The molecule has 1 aliphatic heterocycles. The zero-order chi connectivity index (χ0) is 17.4. The van der Waals surface area contributed by atoms with Crippen LogP contribution in [0.4, 0.5) is 0 Å². The van der Waals surface area contributed by atoms with Gasteiger partial charge in [-0.1, -0.05) is 55.1 Å². The first-order valence-electron chi connectivity index (χ1n) is 8.59. The molecule has 2 aromatic rings. The molecule has 0 radical (unpaired) electrons. The van der Waals surface area contributed by atoms with Crippen molar-refractivity contribution in [3.63, 3.8) is 0 Å². The number of hydrogen-bond donors (Lipinski definition) is 1. The van der Waals surface area contributed by atoms with E-state index in [0.717, 1.165) is 12.0 Å². The van der Waals surface area contributed by atoms with Crippen LogP contribution in [0.5, 0.6) is 0 Å². The second-order valence-corrected chi connectivity index (χ2v) is 6.63. The molecule has 1 aliphatic carbocycles. The Morgan fingerprint density at radius 1 is 1.08 bits per heavy atom. The molecule has 4 heteroatoms. The normalized spacial score (nSPS) is 21.2. The van der Waals surface area contributed by atoms with E-state index in [0.29, 0.717) is 23.7 Å². The van der Waals surface area contributed by atoms with Crippen LogP contribution in [-0.2, 0) is 4.79 Å². The van der Waals surface area contributed by atoms with Crippen molar-refractivity contribution in [3.05, 3.63) is 77.9 Å². The van der Waals surface area contributed by atoms with E-state index in [2.05, 4.69) is 24.0 Å². The Balaban J connectivity index is 1.30. The van der Waals surface area contributed by atoms with E-state index >= 15 is 0 Å². The molecule has 0 aromatic heterocycles. The summed E-state index contributed by atoms with van der Waals surface area (Å²) in [5, 5.41) is 3.07. The molecule has 25 heavy (non-hydrogen) atoms. The zero-order valence-corrected chi connectivity index (χ0v) is 13.9. The average molecular weight is 332 g/mol. The van der Waals surface area contributed by atoms with Gasteiger partial charge in [0.25, 0.3) is 5.91 Å². The number of amides is 2. The van der Waals surface area contributed by atoms with Crippen molar-refractivity contribution in [1.82, 2.24) is 10.2 Å². The van der Waals surface area contributed by atoms with Crippen LogP contribution in [0.3, 0.4) is 0 Å². The molecule has 2 amide bonds. The van der Waals surface area contributed by atoms with E-state index in [1.807, 2.05) is 36.4 Å². The number of hydrogen-bond acceptors (Lipinski definition) is 2. The smallest absolute Gasteiger partial charge is 0.258 e. The number of carbonyl (C=O) groups excluding carboxylic acids is 2. The topological polar surface area (TPSA) is 49.4 Å². The molecule has 4 rings (SSSR count). The predicted octanol–water partition coefficient (Wildman–Crippen LogP) is 3.18. The summed E-state index contributed by atoms with van der Waals surface area (Å²) in [6.45, 7) is 4.37. The van der Waals surface area contributed by atoms with Gasteiger partial charge < -0.3 is 10.2 Å².